The van der Waals surface area contributed by atoms with Gasteiger partial charge >= 0.3 is 5.97 Å². The minimum atomic E-state index is -0.629. The zero-order valence-corrected chi connectivity index (χ0v) is 9.72. The highest BCUT2D eigenvalue weighted by atomic mass is 16.8. The Morgan fingerprint density at radius 3 is 2.47 bits per heavy atom. The molecule has 0 radical (unpaired) electrons. The fourth-order valence-corrected chi connectivity index (χ4v) is 2.67. The number of esters is 1. The minimum absolute atomic E-state index is 0.238. The van der Waals surface area contributed by atoms with Gasteiger partial charge in [-0.05, 0) is 18.4 Å². The van der Waals surface area contributed by atoms with Crippen LogP contribution in [0.15, 0.2) is 30.3 Å². The van der Waals surface area contributed by atoms with Crippen LogP contribution in [0.3, 0.4) is 0 Å². The average molecular weight is 232 g/mol. The molecule has 1 spiro atoms. The maximum atomic E-state index is 11.9. The summed E-state index contributed by atoms with van der Waals surface area (Å²) >= 11 is 0. The van der Waals surface area contributed by atoms with Crippen LogP contribution in [0.1, 0.15) is 43.8 Å². The molecule has 1 aromatic rings. The zero-order chi connectivity index (χ0) is 11.7. The summed E-state index contributed by atoms with van der Waals surface area (Å²) in [7, 11) is 0. The Kier molecular flexibility index (Phi) is 2.63. The quantitative estimate of drug-likeness (QED) is 0.698. The van der Waals surface area contributed by atoms with Gasteiger partial charge in [-0.1, -0.05) is 36.8 Å². The van der Waals surface area contributed by atoms with E-state index in [9.17, 15) is 4.79 Å². The lowest BCUT2D eigenvalue weighted by molar-refractivity contribution is -0.192. The summed E-state index contributed by atoms with van der Waals surface area (Å²) in [6.45, 7) is 0. The van der Waals surface area contributed by atoms with E-state index in [0.717, 1.165) is 31.2 Å². The predicted octanol–water partition coefficient (Wildman–Crippen LogP) is 2.96. The molecule has 0 aromatic heterocycles. The van der Waals surface area contributed by atoms with Crippen LogP contribution in [0.4, 0.5) is 0 Å². The van der Waals surface area contributed by atoms with Crippen LogP contribution >= 0.6 is 0 Å². The number of ether oxygens (including phenoxy) is 2. The molecule has 90 valence electrons. The maximum absolute atomic E-state index is 11.9. The summed E-state index contributed by atoms with van der Waals surface area (Å²) < 4.78 is 11.4. The molecule has 3 nitrogen and oxygen atoms in total. The molecule has 3 heteroatoms. The van der Waals surface area contributed by atoms with Crippen molar-refractivity contribution >= 4 is 5.97 Å². The molecule has 2 aliphatic rings. The molecule has 1 heterocycles. The first-order valence-electron chi connectivity index (χ1n) is 6.25. The second-order valence-electron chi connectivity index (χ2n) is 4.80. The molecule has 17 heavy (non-hydrogen) atoms. The van der Waals surface area contributed by atoms with Crippen LogP contribution in [0, 0.1) is 0 Å². The Morgan fingerprint density at radius 1 is 1.06 bits per heavy atom. The molecule has 1 aliphatic carbocycles. The molecule has 0 bridgehead atoms. The average Bonchev–Trinajstić information content (AvgIpc) is 2.68. The topological polar surface area (TPSA) is 35.5 Å². The molecule has 3 rings (SSSR count). The summed E-state index contributed by atoms with van der Waals surface area (Å²) in [6, 6.07) is 9.58. The van der Waals surface area contributed by atoms with Gasteiger partial charge < -0.3 is 9.47 Å². The van der Waals surface area contributed by atoms with Gasteiger partial charge in [0.05, 0.1) is 0 Å². The molecule has 0 amide bonds. The van der Waals surface area contributed by atoms with E-state index in [1.54, 1.807) is 0 Å². The number of hydrogen-bond acceptors (Lipinski definition) is 3. The van der Waals surface area contributed by atoms with Gasteiger partial charge in [0.25, 0.3) is 0 Å². The summed E-state index contributed by atoms with van der Waals surface area (Å²) in [6.07, 6.45) is 4.50. The lowest BCUT2D eigenvalue weighted by Gasteiger charge is -2.30. The standard InChI is InChI=1S/C14H16O3/c15-13-12(11-7-3-1-4-8-11)16-14(17-13)9-5-2-6-10-14/h1,3-4,7-8,12H,2,5-6,9-10H2. The fourth-order valence-electron chi connectivity index (χ4n) is 2.67. The van der Waals surface area contributed by atoms with Crippen molar-refractivity contribution in [3.8, 4) is 0 Å². The summed E-state index contributed by atoms with van der Waals surface area (Å²) in [5, 5.41) is 0. The third kappa shape index (κ3) is 1.95. The van der Waals surface area contributed by atoms with Gasteiger partial charge in [-0.2, -0.15) is 0 Å². The van der Waals surface area contributed by atoms with E-state index >= 15 is 0 Å². The van der Waals surface area contributed by atoms with Gasteiger partial charge in [0.1, 0.15) is 0 Å². The number of carbonyl (C=O) groups is 1. The van der Waals surface area contributed by atoms with Crippen molar-refractivity contribution in [2.45, 2.75) is 44.0 Å². The molecular formula is C14H16O3. The lowest BCUT2D eigenvalue weighted by atomic mass is 9.94. The van der Waals surface area contributed by atoms with E-state index in [2.05, 4.69) is 0 Å². The van der Waals surface area contributed by atoms with Gasteiger partial charge in [-0.3, -0.25) is 0 Å². The molecule has 1 unspecified atom stereocenters. The van der Waals surface area contributed by atoms with Crippen molar-refractivity contribution < 1.29 is 14.3 Å². The number of benzene rings is 1. The van der Waals surface area contributed by atoms with Crippen molar-refractivity contribution in [1.82, 2.24) is 0 Å². The third-order valence-electron chi connectivity index (χ3n) is 3.55. The van der Waals surface area contributed by atoms with Crippen molar-refractivity contribution in [2.75, 3.05) is 0 Å². The first-order valence-corrected chi connectivity index (χ1v) is 6.25. The molecule has 1 atom stereocenters. The van der Waals surface area contributed by atoms with E-state index < -0.39 is 11.9 Å². The van der Waals surface area contributed by atoms with E-state index in [1.807, 2.05) is 30.3 Å². The van der Waals surface area contributed by atoms with Crippen molar-refractivity contribution in [3.05, 3.63) is 35.9 Å². The smallest absolute Gasteiger partial charge is 0.342 e. The van der Waals surface area contributed by atoms with E-state index in [4.69, 9.17) is 9.47 Å². The highest BCUT2D eigenvalue weighted by Crippen LogP contribution is 2.43. The van der Waals surface area contributed by atoms with E-state index in [0.29, 0.717) is 0 Å². The highest BCUT2D eigenvalue weighted by Gasteiger charge is 2.48. The second-order valence-corrected chi connectivity index (χ2v) is 4.80. The normalized spacial score (nSPS) is 27.1. The van der Waals surface area contributed by atoms with E-state index in [-0.39, 0.29) is 5.97 Å². The molecule has 1 aliphatic heterocycles. The zero-order valence-electron chi connectivity index (χ0n) is 9.72. The largest absolute Gasteiger partial charge is 0.431 e. The number of hydrogen-bond donors (Lipinski definition) is 0. The van der Waals surface area contributed by atoms with Crippen molar-refractivity contribution in [2.24, 2.45) is 0 Å². The molecule has 1 saturated heterocycles. The van der Waals surface area contributed by atoms with Crippen LogP contribution < -0.4 is 0 Å². The Morgan fingerprint density at radius 2 is 1.76 bits per heavy atom. The third-order valence-corrected chi connectivity index (χ3v) is 3.55. The molecule has 1 aromatic carbocycles. The maximum Gasteiger partial charge on any atom is 0.342 e. The highest BCUT2D eigenvalue weighted by molar-refractivity contribution is 5.78. The lowest BCUT2D eigenvalue weighted by Crippen LogP contribution is -2.32. The van der Waals surface area contributed by atoms with Crippen molar-refractivity contribution in [1.29, 1.82) is 0 Å². The number of carbonyl (C=O) groups excluding carboxylic acids is 1. The first-order chi connectivity index (χ1) is 8.29. The Labute approximate surface area is 101 Å². The molecular weight excluding hydrogens is 216 g/mol. The summed E-state index contributed by atoms with van der Waals surface area (Å²) in [4.78, 5) is 11.9. The van der Waals surface area contributed by atoms with Crippen molar-refractivity contribution in [3.63, 3.8) is 0 Å². The Hall–Kier alpha value is -1.35. The summed E-state index contributed by atoms with van der Waals surface area (Å²) in [5.74, 6) is -0.867. The second kappa shape index (κ2) is 4.15. The van der Waals surface area contributed by atoms with Crippen LogP contribution in [-0.2, 0) is 14.3 Å². The summed E-state index contributed by atoms with van der Waals surface area (Å²) in [5.41, 5.74) is 0.889. The minimum Gasteiger partial charge on any atom is -0.431 e. The van der Waals surface area contributed by atoms with E-state index in [1.165, 1.54) is 6.42 Å². The van der Waals surface area contributed by atoms with Crippen LogP contribution in [0.25, 0.3) is 0 Å². The number of rotatable bonds is 1. The van der Waals surface area contributed by atoms with Gasteiger partial charge in [0, 0.05) is 12.8 Å². The Balaban J connectivity index is 1.82. The van der Waals surface area contributed by atoms with Crippen LogP contribution in [0.2, 0.25) is 0 Å². The monoisotopic (exact) mass is 232 g/mol. The van der Waals surface area contributed by atoms with Crippen LogP contribution in [0.5, 0.6) is 0 Å². The Bertz CT molecular complexity index is 407. The molecule has 1 saturated carbocycles. The van der Waals surface area contributed by atoms with Crippen LogP contribution in [-0.4, -0.2) is 11.8 Å². The van der Waals surface area contributed by atoms with Gasteiger partial charge in [-0.15, -0.1) is 0 Å². The predicted molar refractivity (Wildman–Crippen MR) is 62.2 cm³/mol. The van der Waals surface area contributed by atoms with Gasteiger partial charge in [0.2, 0.25) is 5.79 Å². The molecule has 2 fully saturated rings. The SMILES string of the molecule is O=C1OC2(CCCCC2)OC1c1ccccc1. The van der Waals surface area contributed by atoms with Gasteiger partial charge in [-0.25, -0.2) is 4.79 Å². The first kappa shape index (κ1) is 10.8. The molecule has 0 N–H and O–H groups in total. The van der Waals surface area contributed by atoms with Gasteiger partial charge in [0.15, 0.2) is 6.10 Å². The fraction of sp³-hybridized carbons (Fsp3) is 0.500.